The van der Waals surface area contributed by atoms with Crippen molar-refractivity contribution in [3.63, 3.8) is 0 Å². The molecule has 0 aliphatic heterocycles. The predicted molar refractivity (Wildman–Crippen MR) is 50.8 cm³/mol. The zero-order chi connectivity index (χ0) is 10.9. The Morgan fingerprint density at radius 2 is 2.07 bits per heavy atom. The van der Waals surface area contributed by atoms with Crippen molar-refractivity contribution in [2.75, 3.05) is 0 Å². The molecule has 5 heteroatoms. The highest BCUT2D eigenvalue weighted by Crippen LogP contribution is 2.33. The van der Waals surface area contributed by atoms with Crippen molar-refractivity contribution in [2.24, 2.45) is 0 Å². The fourth-order valence-electron chi connectivity index (χ4n) is 1.01. The van der Waals surface area contributed by atoms with E-state index in [4.69, 9.17) is 0 Å². The fraction of sp³-hybridized carbons (Fsp3) is 0.222. The Kier molecular flexibility index (Phi) is 3.21. The molecule has 1 rings (SSSR count). The van der Waals surface area contributed by atoms with Crippen LogP contribution in [0.3, 0.4) is 0 Å². The van der Waals surface area contributed by atoms with Crippen LogP contribution in [-0.4, -0.2) is 10.9 Å². The number of carbonyl (C=O) groups is 1. The Morgan fingerprint density at radius 1 is 1.50 bits per heavy atom. The zero-order valence-electron chi connectivity index (χ0n) is 7.22. The standard InChI is InChI=1S/C9H7BrF2O2/c1-4(13)6-2-5(9(11)12)3-7(14)8(6)10/h2-3,9,14H,1H3. The molecule has 0 radical (unpaired) electrons. The molecule has 0 aliphatic carbocycles. The molecule has 0 spiro atoms. The summed E-state index contributed by atoms with van der Waals surface area (Å²) in [5, 5.41) is 9.25. The Labute approximate surface area is 87.7 Å². The van der Waals surface area contributed by atoms with E-state index in [-0.39, 0.29) is 27.1 Å². The molecule has 0 fully saturated rings. The van der Waals surface area contributed by atoms with Gasteiger partial charge in [0, 0.05) is 11.1 Å². The number of alkyl halides is 2. The summed E-state index contributed by atoms with van der Waals surface area (Å²) in [6.07, 6.45) is -2.70. The van der Waals surface area contributed by atoms with Gasteiger partial charge < -0.3 is 5.11 Å². The summed E-state index contributed by atoms with van der Waals surface area (Å²) in [6, 6.07) is 2.00. The van der Waals surface area contributed by atoms with Gasteiger partial charge in [-0.1, -0.05) is 0 Å². The molecule has 76 valence electrons. The molecule has 0 aliphatic rings. The SMILES string of the molecule is CC(=O)c1cc(C(F)F)cc(O)c1Br. The van der Waals surface area contributed by atoms with Gasteiger partial charge in [0.05, 0.1) is 4.47 Å². The lowest BCUT2D eigenvalue weighted by Crippen LogP contribution is -1.96. The highest BCUT2D eigenvalue weighted by molar-refractivity contribution is 9.10. The molecule has 0 amide bonds. The number of halogens is 3. The lowest BCUT2D eigenvalue weighted by molar-refractivity contribution is 0.101. The topological polar surface area (TPSA) is 37.3 Å². The molecule has 2 nitrogen and oxygen atoms in total. The average molecular weight is 265 g/mol. The minimum Gasteiger partial charge on any atom is -0.507 e. The summed E-state index contributed by atoms with van der Waals surface area (Å²) in [5.41, 5.74) is -0.309. The maximum absolute atomic E-state index is 12.3. The first-order chi connectivity index (χ1) is 6.43. The van der Waals surface area contributed by atoms with Crippen LogP contribution in [0.25, 0.3) is 0 Å². The van der Waals surface area contributed by atoms with Crippen molar-refractivity contribution in [1.82, 2.24) is 0 Å². The van der Waals surface area contributed by atoms with Crippen LogP contribution < -0.4 is 0 Å². The number of carbonyl (C=O) groups excluding carboxylic acids is 1. The van der Waals surface area contributed by atoms with Gasteiger partial charge in [-0.2, -0.15) is 0 Å². The molecule has 1 aromatic carbocycles. The lowest BCUT2D eigenvalue weighted by Gasteiger charge is -2.06. The number of aromatic hydroxyl groups is 1. The minimum atomic E-state index is -2.70. The second kappa shape index (κ2) is 4.04. The van der Waals surface area contributed by atoms with Gasteiger partial charge in [0.15, 0.2) is 5.78 Å². The lowest BCUT2D eigenvalue weighted by atomic mass is 10.1. The summed E-state index contributed by atoms with van der Waals surface area (Å²) in [5.74, 6) is -0.734. The number of hydrogen-bond acceptors (Lipinski definition) is 2. The first-order valence-corrected chi connectivity index (χ1v) is 4.54. The third-order valence-corrected chi connectivity index (χ3v) is 2.54. The van der Waals surface area contributed by atoms with Crippen molar-refractivity contribution in [2.45, 2.75) is 13.3 Å². The molecule has 0 bridgehead atoms. The van der Waals surface area contributed by atoms with E-state index in [1.54, 1.807) is 0 Å². The average Bonchev–Trinajstić information content (AvgIpc) is 2.08. The van der Waals surface area contributed by atoms with Crippen LogP contribution in [0.4, 0.5) is 8.78 Å². The molecule has 0 atom stereocenters. The van der Waals surface area contributed by atoms with Gasteiger partial charge in [-0.15, -0.1) is 0 Å². The molecule has 0 saturated carbocycles. The molecule has 1 N–H and O–H groups in total. The Bertz CT molecular complexity index is 377. The molecule has 0 unspecified atom stereocenters. The molecular weight excluding hydrogens is 258 g/mol. The van der Waals surface area contributed by atoms with E-state index in [1.807, 2.05) is 0 Å². The number of hydrogen-bond donors (Lipinski definition) is 1. The highest BCUT2D eigenvalue weighted by Gasteiger charge is 2.15. The van der Waals surface area contributed by atoms with Crippen LogP contribution in [-0.2, 0) is 0 Å². The van der Waals surface area contributed by atoms with Crippen LogP contribution in [0.15, 0.2) is 16.6 Å². The third-order valence-electron chi connectivity index (χ3n) is 1.71. The number of phenols is 1. The summed E-state index contributed by atoms with van der Waals surface area (Å²) < 4.78 is 24.7. The Balaban J connectivity index is 3.35. The monoisotopic (exact) mass is 264 g/mol. The molecule has 1 aromatic rings. The van der Waals surface area contributed by atoms with E-state index in [0.29, 0.717) is 0 Å². The van der Waals surface area contributed by atoms with Gasteiger partial charge >= 0.3 is 0 Å². The van der Waals surface area contributed by atoms with Crippen LogP contribution in [0.2, 0.25) is 0 Å². The second-order valence-corrected chi connectivity index (χ2v) is 3.55. The molecular formula is C9H7BrF2O2. The van der Waals surface area contributed by atoms with E-state index in [1.165, 1.54) is 6.92 Å². The minimum absolute atomic E-state index is 0.0558. The normalized spacial score (nSPS) is 10.6. The third kappa shape index (κ3) is 2.09. The Hall–Kier alpha value is -0.970. The van der Waals surface area contributed by atoms with Crippen molar-refractivity contribution in [3.05, 3.63) is 27.7 Å². The highest BCUT2D eigenvalue weighted by atomic mass is 79.9. The van der Waals surface area contributed by atoms with Gasteiger partial charge in [-0.05, 0) is 35.0 Å². The first kappa shape index (κ1) is 11.1. The smallest absolute Gasteiger partial charge is 0.264 e. The van der Waals surface area contributed by atoms with E-state index < -0.39 is 6.43 Å². The molecule has 0 saturated heterocycles. The maximum atomic E-state index is 12.3. The van der Waals surface area contributed by atoms with Gasteiger partial charge in [-0.3, -0.25) is 4.79 Å². The van der Waals surface area contributed by atoms with E-state index >= 15 is 0 Å². The number of Topliss-reactive ketones (excluding diaryl/α,β-unsaturated/α-hetero) is 1. The number of phenolic OH excluding ortho intramolecular Hbond substituents is 1. The second-order valence-electron chi connectivity index (χ2n) is 2.76. The predicted octanol–water partition coefficient (Wildman–Crippen LogP) is 3.29. The summed E-state index contributed by atoms with van der Waals surface area (Å²) in [7, 11) is 0. The quantitative estimate of drug-likeness (QED) is 0.833. The largest absolute Gasteiger partial charge is 0.507 e. The summed E-state index contributed by atoms with van der Waals surface area (Å²) in [4.78, 5) is 11.0. The zero-order valence-corrected chi connectivity index (χ0v) is 8.81. The summed E-state index contributed by atoms with van der Waals surface area (Å²) in [6.45, 7) is 1.24. The fourth-order valence-corrected chi connectivity index (χ4v) is 1.52. The maximum Gasteiger partial charge on any atom is 0.264 e. The van der Waals surface area contributed by atoms with Gasteiger partial charge in [0.25, 0.3) is 6.43 Å². The molecule has 0 heterocycles. The molecule has 0 aromatic heterocycles. The Morgan fingerprint density at radius 3 is 2.50 bits per heavy atom. The summed E-state index contributed by atoms with van der Waals surface area (Å²) >= 11 is 2.95. The molecule has 14 heavy (non-hydrogen) atoms. The van der Waals surface area contributed by atoms with E-state index in [0.717, 1.165) is 12.1 Å². The van der Waals surface area contributed by atoms with E-state index in [2.05, 4.69) is 15.9 Å². The number of ketones is 1. The number of benzene rings is 1. The number of rotatable bonds is 2. The van der Waals surface area contributed by atoms with Gasteiger partial charge in [0.2, 0.25) is 0 Å². The van der Waals surface area contributed by atoms with Gasteiger partial charge in [0.1, 0.15) is 5.75 Å². The van der Waals surface area contributed by atoms with Crippen molar-refractivity contribution >= 4 is 21.7 Å². The van der Waals surface area contributed by atoms with Crippen molar-refractivity contribution < 1.29 is 18.7 Å². The van der Waals surface area contributed by atoms with Crippen LogP contribution in [0.5, 0.6) is 5.75 Å². The van der Waals surface area contributed by atoms with Gasteiger partial charge in [-0.25, -0.2) is 8.78 Å². The van der Waals surface area contributed by atoms with Crippen molar-refractivity contribution in [1.29, 1.82) is 0 Å². The first-order valence-electron chi connectivity index (χ1n) is 3.75. The van der Waals surface area contributed by atoms with Crippen molar-refractivity contribution in [3.8, 4) is 5.75 Å². The van der Waals surface area contributed by atoms with Crippen LogP contribution in [0.1, 0.15) is 29.3 Å². The van der Waals surface area contributed by atoms with Crippen LogP contribution >= 0.6 is 15.9 Å². The van der Waals surface area contributed by atoms with Crippen LogP contribution in [0, 0.1) is 0 Å². The van der Waals surface area contributed by atoms with E-state index in [9.17, 15) is 18.7 Å².